The third kappa shape index (κ3) is 3.32. The first kappa shape index (κ1) is 17.1. The van der Waals surface area contributed by atoms with Gasteiger partial charge in [-0.15, -0.1) is 0 Å². The number of H-pyrrole nitrogens is 1. The number of benzene rings is 1. The molecule has 7 heteroatoms. The molecule has 3 unspecified atom stereocenters. The second-order valence-corrected chi connectivity index (χ2v) is 6.98. The Morgan fingerprint density at radius 3 is 3.12 bits per heavy atom. The molecule has 1 amide bonds. The van der Waals surface area contributed by atoms with Crippen molar-refractivity contribution in [1.29, 1.82) is 0 Å². The maximum absolute atomic E-state index is 13.2. The number of hydrazine groups is 1. The molecule has 2 fully saturated rings. The van der Waals surface area contributed by atoms with Gasteiger partial charge in [-0.2, -0.15) is 0 Å². The second-order valence-electron chi connectivity index (χ2n) is 6.98. The number of aromatic nitrogens is 2. The number of likely N-dealkylation sites (tertiary alicyclic amines) is 1. The fourth-order valence-electron chi connectivity index (χ4n) is 4.01. The number of rotatable bonds is 4. The van der Waals surface area contributed by atoms with E-state index in [1.54, 1.807) is 13.3 Å². The Hall–Kier alpha value is -2.38. The van der Waals surface area contributed by atoms with E-state index in [2.05, 4.69) is 20.8 Å². The minimum atomic E-state index is -0.127. The zero-order valence-corrected chi connectivity index (χ0v) is 14.9. The van der Waals surface area contributed by atoms with Gasteiger partial charge in [0.1, 0.15) is 11.6 Å². The summed E-state index contributed by atoms with van der Waals surface area (Å²) in [6, 6.07) is 7.86. The summed E-state index contributed by atoms with van der Waals surface area (Å²) in [5, 5.41) is 0. The number of hydrogen-bond donors (Lipinski definition) is 3. The minimum Gasteiger partial charge on any atom is -0.497 e. The number of nitrogens with zero attached hydrogens (tertiary/aromatic N) is 2. The van der Waals surface area contributed by atoms with Crippen molar-refractivity contribution in [2.75, 3.05) is 26.7 Å². The molecule has 1 aromatic carbocycles. The van der Waals surface area contributed by atoms with E-state index in [0.717, 1.165) is 43.1 Å². The minimum absolute atomic E-state index is 0.0541. The molecule has 0 saturated carbocycles. The maximum atomic E-state index is 13.2. The fourth-order valence-corrected chi connectivity index (χ4v) is 4.01. The number of imidazole rings is 1. The van der Waals surface area contributed by atoms with Crippen molar-refractivity contribution in [3.8, 4) is 5.75 Å². The molecule has 2 aliphatic rings. The zero-order chi connectivity index (χ0) is 17.9. The van der Waals surface area contributed by atoms with E-state index in [0.29, 0.717) is 12.5 Å². The predicted molar refractivity (Wildman–Crippen MR) is 97.5 cm³/mol. The van der Waals surface area contributed by atoms with Gasteiger partial charge in [-0.25, -0.2) is 10.4 Å². The van der Waals surface area contributed by atoms with Gasteiger partial charge in [0.05, 0.1) is 19.1 Å². The molecule has 0 spiro atoms. The summed E-state index contributed by atoms with van der Waals surface area (Å²) < 4.78 is 5.33. The SMILES string of the molecule is COc1cccc(C2NNCC2C(=O)N2CCCC(c3ncc[nH]3)C2)c1. The molecule has 3 heterocycles. The van der Waals surface area contributed by atoms with Gasteiger partial charge in [0, 0.05) is 37.9 Å². The summed E-state index contributed by atoms with van der Waals surface area (Å²) in [5.41, 5.74) is 7.48. The summed E-state index contributed by atoms with van der Waals surface area (Å²) in [7, 11) is 1.66. The lowest BCUT2D eigenvalue weighted by molar-refractivity contribution is -0.136. The van der Waals surface area contributed by atoms with E-state index in [9.17, 15) is 4.79 Å². The first-order valence-electron chi connectivity index (χ1n) is 9.16. The molecule has 138 valence electrons. The monoisotopic (exact) mass is 355 g/mol. The van der Waals surface area contributed by atoms with E-state index >= 15 is 0 Å². The van der Waals surface area contributed by atoms with Gasteiger partial charge >= 0.3 is 0 Å². The van der Waals surface area contributed by atoms with Crippen LogP contribution in [0.3, 0.4) is 0 Å². The topological polar surface area (TPSA) is 82.3 Å². The van der Waals surface area contributed by atoms with Crippen LogP contribution in [0.15, 0.2) is 36.7 Å². The molecule has 2 aromatic rings. The summed E-state index contributed by atoms with van der Waals surface area (Å²) in [4.78, 5) is 22.8. The predicted octanol–water partition coefficient (Wildman–Crippen LogP) is 1.59. The first-order valence-corrected chi connectivity index (χ1v) is 9.16. The number of nitrogens with one attached hydrogen (secondary N) is 3. The number of hydrogen-bond acceptors (Lipinski definition) is 5. The maximum Gasteiger partial charge on any atom is 0.229 e. The molecule has 0 bridgehead atoms. The number of carbonyl (C=O) groups is 1. The highest BCUT2D eigenvalue weighted by molar-refractivity contribution is 5.80. The smallest absolute Gasteiger partial charge is 0.229 e. The van der Waals surface area contributed by atoms with Crippen molar-refractivity contribution in [2.45, 2.75) is 24.8 Å². The number of aromatic amines is 1. The average molecular weight is 355 g/mol. The molecule has 2 aliphatic heterocycles. The fraction of sp³-hybridized carbons (Fsp3) is 0.474. The van der Waals surface area contributed by atoms with Crippen molar-refractivity contribution >= 4 is 5.91 Å². The van der Waals surface area contributed by atoms with Crippen LogP contribution in [-0.4, -0.2) is 47.5 Å². The standard InChI is InChI=1S/C19H25N5O2/c1-26-15-6-2-4-13(10-15)17-16(11-22-23-17)19(25)24-9-3-5-14(12-24)18-20-7-8-21-18/h2,4,6-8,10,14,16-17,22-23H,3,5,9,11-12H2,1H3,(H,20,21). The number of amides is 1. The molecule has 0 aliphatic carbocycles. The van der Waals surface area contributed by atoms with E-state index in [1.165, 1.54) is 0 Å². The van der Waals surface area contributed by atoms with E-state index < -0.39 is 0 Å². The molecular weight excluding hydrogens is 330 g/mol. The van der Waals surface area contributed by atoms with Gasteiger partial charge in [-0.1, -0.05) is 12.1 Å². The van der Waals surface area contributed by atoms with Gasteiger partial charge in [-0.05, 0) is 30.5 Å². The van der Waals surface area contributed by atoms with Crippen LogP contribution >= 0.6 is 0 Å². The number of methoxy groups -OCH3 is 1. The van der Waals surface area contributed by atoms with Crippen LogP contribution in [0.2, 0.25) is 0 Å². The summed E-state index contributed by atoms with van der Waals surface area (Å²) in [6.45, 7) is 2.17. The largest absolute Gasteiger partial charge is 0.497 e. The molecule has 1 aromatic heterocycles. The van der Waals surface area contributed by atoms with Crippen LogP contribution < -0.4 is 15.6 Å². The third-order valence-corrected chi connectivity index (χ3v) is 5.39. The Balaban J connectivity index is 1.49. The van der Waals surface area contributed by atoms with Gasteiger partial charge in [0.15, 0.2) is 0 Å². The van der Waals surface area contributed by atoms with Gasteiger partial charge < -0.3 is 14.6 Å². The summed E-state index contributed by atoms with van der Waals surface area (Å²) in [6.07, 6.45) is 5.70. The van der Waals surface area contributed by atoms with Crippen molar-refractivity contribution in [1.82, 2.24) is 25.7 Å². The molecule has 3 N–H and O–H groups in total. The highest BCUT2D eigenvalue weighted by atomic mass is 16.5. The van der Waals surface area contributed by atoms with Crippen LogP contribution in [0.5, 0.6) is 5.75 Å². The summed E-state index contributed by atoms with van der Waals surface area (Å²) in [5.74, 6) is 2.15. The van der Waals surface area contributed by atoms with Crippen molar-refractivity contribution in [3.05, 3.63) is 48.0 Å². The van der Waals surface area contributed by atoms with Crippen molar-refractivity contribution in [3.63, 3.8) is 0 Å². The highest BCUT2D eigenvalue weighted by Gasteiger charge is 2.38. The summed E-state index contributed by atoms with van der Waals surface area (Å²) >= 11 is 0. The Morgan fingerprint density at radius 1 is 1.38 bits per heavy atom. The third-order valence-electron chi connectivity index (χ3n) is 5.39. The Kier molecular flexibility index (Phi) is 4.90. The lowest BCUT2D eigenvalue weighted by Gasteiger charge is -2.34. The molecule has 0 radical (unpaired) electrons. The average Bonchev–Trinajstić information content (AvgIpc) is 3.39. The van der Waals surface area contributed by atoms with Crippen LogP contribution in [0, 0.1) is 5.92 Å². The lowest BCUT2D eigenvalue weighted by Crippen LogP contribution is -2.44. The Bertz CT molecular complexity index is 748. The van der Waals surface area contributed by atoms with E-state index in [-0.39, 0.29) is 17.9 Å². The van der Waals surface area contributed by atoms with Crippen LogP contribution in [0.1, 0.15) is 36.2 Å². The molecule has 7 nitrogen and oxygen atoms in total. The van der Waals surface area contributed by atoms with Crippen LogP contribution in [-0.2, 0) is 4.79 Å². The van der Waals surface area contributed by atoms with Crippen LogP contribution in [0.4, 0.5) is 0 Å². The molecule has 3 atom stereocenters. The van der Waals surface area contributed by atoms with E-state index in [4.69, 9.17) is 4.74 Å². The number of piperidine rings is 1. The van der Waals surface area contributed by atoms with Gasteiger partial charge in [0.2, 0.25) is 5.91 Å². The second kappa shape index (κ2) is 7.47. The van der Waals surface area contributed by atoms with Crippen molar-refractivity contribution < 1.29 is 9.53 Å². The van der Waals surface area contributed by atoms with E-state index in [1.807, 2.05) is 35.4 Å². The normalized spacial score (nSPS) is 26.0. The quantitative estimate of drug-likeness (QED) is 0.776. The Labute approximate surface area is 153 Å². The highest BCUT2D eigenvalue weighted by Crippen LogP contribution is 2.31. The van der Waals surface area contributed by atoms with Gasteiger partial charge in [-0.3, -0.25) is 10.2 Å². The molecule has 2 saturated heterocycles. The van der Waals surface area contributed by atoms with Crippen LogP contribution in [0.25, 0.3) is 0 Å². The number of ether oxygens (including phenoxy) is 1. The molecule has 26 heavy (non-hydrogen) atoms. The lowest BCUT2D eigenvalue weighted by atomic mass is 9.91. The number of carbonyl (C=O) groups excluding carboxylic acids is 1. The molecular formula is C19H25N5O2. The zero-order valence-electron chi connectivity index (χ0n) is 14.9. The Morgan fingerprint density at radius 2 is 2.31 bits per heavy atom. The van der Waals surface area contributed by atoms with Gasteiger partial charge in [0.25, 0.3) is 0 Å². The van der Waals surface area contributed by atoms with Crippen molar-refractivity contribution in [2.24, 2.45) is 5.92 Å². The first-order chi connectivity index (χ1) is 12.8. The molecule has 4 rings (SSSR count).